The largest absolute Gasteiger partial charge is 0.382 e. The summed E-state index contributed by atoms with van der Waals surface area (Å²) in [5, 5.41) is 3.11. The molecule has 0 spiro atoms. The van der Waals surface area contributed by atoms with E-state index in [0.717, 1.165) is 42.5 Å². The van der Waals surface area contributed by atoms with Gasteiger partial charge in [-0.3, -0.25) is 4.79 Å². The highest BCUT2D eigenvalue weighted by atomic mass is 79.9. The van der Waals surface area contributed by atoms with Gasteiger partial charge in [0, 0.05) is 24.2 Å². The van der Waals surface area contributed by atoms with Crippen molar-refractivity contribution in [1.29, 1.82) is 0 Å². The van der Waals surface area contributed by atoms with E-state index in [4.69, 9.17) is 10.5 Å². The number of halogens is 1. The highest BCUT2D eigenvalue weighted by molar-refractivity contribution is 9.10. The van der Waals surface area contributed by atoms with Gasteiger partial charge in [0.25, 0.3) is 0 Å². The third-order valence-electron chi connectivity index (χ3n) is 5.18. The molecule has 24 heavy (non-hydrogen) atoms. The van der Waals surface area contributed by atoms with Crippen LogP contribution in [0.3, 0.4) is 0 Å². The molecule has 0 aromatic heterocycles. The Kier molecular flexibility index (Phi) is 6.84. The Morgan fingerprint density at radius 3 is 2.54 bits per heavy atom. The highest BCUT2D eigenvalue weighted by Gasteiger charge is 2.36. The van der Waals surface area contributed by atoms with E-state index in [1.807, 2.05) is 31.2 Å². The predicted molar refractivity (Wildman–Crippen MR) is 101 cm³/mol. The number of amides is 1. The summed E-state index contributed by atoms with van der Waals surface area (Å²) in [5.41, 5.74) is 6.29. The Balaban J connectivity index is 1.98. The average Bonchev–Trinajstić information content (AvgIpc) is 3.02. The highest BCUT2D eigenvalue weighted by Crippen LogP contribution is 2.40. The standard InChI is InChI=1S/C19H29BrN2O2/c1-3-24-13-12-19(10-4-5-11-19)14-22-17(23)18(2,21)15-6-8-16(20)9-7-15/h6-9H,3-5,10-14,21H2,1-2H3,(H,22,23). The molecule has 1 amide bonds. The van der Waals surface area contributed by atoms with E-state index < -0.39 is 5.54 Å². The molecule has 5 heteroatoms. The van der Waals surface area contributed by atoms with E-state index >= 15 is 0 Å². The first-order valence-electron chi connectivity index (χ1n) is 8.81. The number of carbonyl (C=O) groups excluding carboxylic acids is 1. The van der Waals surface area contributed by atoms with E-state index in [2.05, 4.69) is 21.2 Å². The van der Waals surface area contributed by atoms with Gasteiger partial charge in [0.2, 0.25) is 5.91 Å². The zero-order valence-electron chi connectivity index (χ0n) is 14.7. The van der Waals surface area contributed by atoms with Crippen LogP contribution in [0.1, 0.15) is 51.5 Å². The Morgan fingerprint density at radius 2 is 1.96 bits per heavy atom. The van der Waals surface area contributed by atoms with Gasteiger partial charge in [0.05, 0.1) is 0 Å². The molecule has 2 rings (SSSR count). The number of hydrogen-bond donors (Lipinski definition) is 2. The molecule has 0 saturated heterocycles. The molecule has 0 heterocycles. The molecular weight excluding hydrogens is 368 g/mol. The molecule has 1 atom stereocenters. The van der Waals surface area contributed by atoms with Crippen LogP contribution in [0, 0.1) is 5.41 Å². The number of nitrogens with two attached hydrogens (primary N) is 1. The Hall–Kier alpha value is -0.910. The number of nitrogens with one attached hydrogen (secondary N) is 1. The molecule has 0 aliphatic heterocycles. The maximum atomic E-state index is 12.7. The zero-order chi connectivity index (χ0) is 17.6. The second-order valence-corrected chi connectivity index (χ2v) is 7.96. The van der Waals surface area contributed by atoms with Gasteiger partial charge in [-0.2, -0.15) is 0 Å². The third-order valence-corrected chi connectivity index (χ3v) is 5.71. The van der Waals surface area contributed by atoms with Crippen molar-refractivity contribution in [1.82, 2.24) is 5.32 Å². The Labute approximate surface area is 153 Å². The quantitative estimate of drug-likeness (QED) is 0.657. The number of benzene rings is 1. The van der Waals surface area contributed by atoms with Gasteiger partial charge in [-0.1, -0.05) is 40.9 Å². The van der Waals surface area contributed by atoms with Crippen molar-refractivity contribution in [2.45, 2.75) is 51.5 Å². The van der Waals surface area contributed by atoms with Crippen LogP contribution in [0.4, 0.5) is 0 Å². The summed E-state index contributed by atoms with van der Waals surface area (Å²) in [6.07, 6.45) is 5.77. The second-order valence-electron chi connectivity index (χ2n) is 7.05. The molecule has 134 valence electrons. The smallest absolute Gasteiger partial charge is 0.244 e. The monoisotopic (exact) mass is 396 g/mol. The minimum atomic E-state index is -1.03. The van der Waals surface area contributed by atoms with E-state index in [9.17, 15) is 4.79 Å². The van der Waals surface area contributed by atoms with Gasteiger partial charge in [0.15, 0.2) is 0 Å². The predicted octanol–water partition coefficient (Wildman–Crippen LogP) is 3.73. The van der Waals surface area contributed by atoms with Crippen LogP contribution in [0.15, 0.2) is 28.7 Å². The van der Waals surface area contributed by atoms with Gasteiger partial charge in [0.1, 0.15) is 5.54 Å². The molecule has 1 fully saturated rings. The molecular formula is C19H29BrN2O2. The topological polar surface area (TPSA) is 64.3 Å². The second kappa shape index (κ2) is 8.45. The number of rotatable bonds is 8. The lowest BCUT2D eigenvalue weighted by molar-refractivity contribution is -0.126. The summed E-state index contributed by atoms with van der Waals surface area (Å²) in [5.74, 6) is -0.118. The van der Waals surface area contributed by atoms with Crippen molar-refractivity contribution in [3.05, 3.63) is 34.3 Å². The lowest BCUT2D eigenvalue weighted by Crippen LogP contribution is -2.51. The van der Waals surface area contributed by atoms with Crippen molar-refractivity contribution < 1.29 is 9.53 Å². The van der Waals surface area contributed by atoms with Crippen LogP contribution in [0.2, 0.25) is 0 Å². The average molecular weight is 397 g/mol. The molecule has 1 aliphatic rings. The van der Waals surface area contributed by atoms with Crippen molar-refractivity contribution in [3.63, 3.8) is 0 Å². The van der Waals surface area contributed by atoms with Crippen LogP contribution >= 0.6 is 15.9 Å². The normalized spacial score (nSPS) is 19.0. The molecule has 1 unspecified atom stereocenters. The molecule has 1 aliphatic carbocycles. The third kappa shape index (κ3) is 4.80. The first-order valence-corrected chi connectivity index (χ1v) is 9.60. The summed E-state index contributed by atoms with van der Waals surface area (Å²) in [6.45, 7) is 5.97. The van der Waals surface area contributed by atoms with Crippen LogP contribution < -0.4 is 11.1 Å². The number of ether oxygens (including phenoxy) is 1. The fourth-order valence-corrected chi connectivity index (χ4v) is 3.72. The number of carbonyl (C=O) groups is 1. The van der Waals surface area contributed by atoms with Crippen molar-refractivity contribution in [3.8, 4) is 0 Å². The molecule has 1 aromatic carbocycles. The summed E-state index contributed by atoms with van der Waals surface area (Å²) in [4.78, 5) is 12.7. The van der Waals surface area contributed by atoms with Crippen molar-refractivity contribution in [2.24, 2.45) is 11.1 Å². The Morgan fingerprint density at radius 1 is 1.33 bits per heavy atom. The molecule has 3 N–H and O–H groups in total. The van der Waals surface area contributed by atoms with E-state index in [1.54, 1.807) is 6.92 Å². The summed E-state index contributed by atoms with van der Waals surface area (Å²) >= 11 is 3.41. The molecule has 4 nitrogen and oxygen atoms in total. The van der Waals surface area contributed by atoms with Gasteiger partial charge in [-0.15, -0.1) is 0 Å². The Bertz CT molecular complexity index is 537. The molecule has 0 bridgehead atoms. The summed E-state index contributed by atoms with van der Waals surface area (Å²) in [7, 11) is 0. The van der Waals surface area contributed by atoms with Crippen molar-refractivity contribution >= 4 is 21.8 Å². The summed E-state index contributed by atoms with van der Waals surface area (Å²) < 4.78 is 6.51. The van der Waals surface area contributed by atoms with Gasteiger partial charge < -0.3 is 15.8 Å². The van der Waals surface area contributed by atoms with Crippen molar-refractivity contribution in [2.75, 3.05) is 19.8 Å². The van der Waals surface area contributed by atoms with E-state index in [1.165, 1.54) is 12.8 Å². The van der Waals surface area contributed by atoms with Crippen LogP contribution in [0.25, 0.3) is 0 Å². The maximum absolute atomic E-state index is 12.7. The lowest BCUT2D eigenvalue weighted by atomic mass is 9.82. The van der Waals surface area contributed by atoms with Crippen LogP contribution in [-0.2, 0) is 15.1 Å². The van der Waals surface area contributed by atoms with Crippen LogP contribution in [0.5, 0.6) is 0 Å². The van der Waals surface area contributed by atoms with Gasteiger partial charge in [-0.25, -0.2) is 0 Å². The first kappa shape index (κ1) is 19.4. The zero-order valence-corrected chi connectivity index (χ0v) is 16.3. The van der Waals surface area contributed by atoms with Gasteiger partial charge in [-0.05, 0) is 56.2 Å². The fraction of sp³-hybridized carbons (Fsp3) is 0.632. The molecule has 0 radical (unpaired) electrons. The van der Waals surface area contributed by atoms with Gasteiger partial charge >= 0.3 is 0 Å². The lowest BCUT2D eigenvalue weighted by Gasteiger charge is -2.32. The first-order chi connectivity index (χ1) is 11.4. The minimum Gasteiger partial charge on any atom is -0.382 e. The van der Waals surface area contributed by atoms with E-state index in [-0.39, 0.29) is 11.3 Å². The number of hydrogen-bond acceptors (Lipinski definition) is 3. The van der Waals surface area contributed by atoms with E-state index in [0.29, 0.717) is 6.54 Å². The fourth-order valence-electron chi connectivity index (χ4n) is 3.45. The van der Waals surface area contributed by atoms with Crippen LogP contribution in [-0.4, -0.2) is 25.7 Å². The molecule has 1 aromatic rings. The minimum absolute atomic E-state index is 0.118. The summed E-state index contributed by atoms with van der Waals surface area (Å²) in [6, 6.07) is 7.61. The SMILES string of the molecule is CCOCCC1(CNC(=O)C(C)(N)c2ccc(Br)cc2)CCCC1. The maximum Gasteiger partial charge on any atom is 0.244 e. The molecule has 1 saturated carbocycles.